The van der Waals surface area contributed by atoms with Gasteiger partial charge in [-0.1, -0.05) is 6.92 Å². The third-order valence-electron chi connectivity index (χ3n) is 4.18. The molecule has 0 aromatic heterocycles. The molecule has 0 aromatic rings. The van der Waals surface area contributed by atoms with Gasteiger partial charge in [0.05, 0.1) is 18.1 Å². The first-order valence-electron chi connectivity index (χ1n) is 7.67. The number of carboxylic acid groups (broad SMARTS) is 1. The van der Waals surface area contributed by atoms with Gasteiger partial charge in [0.15, 0.2) is 0 Å². The highest BCUT2D eigenvalue weighted by Gasteiger charge is 2.42. The summed E-state index contributed by atoms with van der Waals surface area (Å²) >= 11 is 0. The zero-order valence-corrected chi connectivity index (χ0v) is 13.6. The number of aliphatic carboxylic acids is 1. The number of hydrogen-bond donors (Lipinski definition) is 1. The van der Waals surface area contributed by atoms with Crippen molar-refractivity contribution in [2.24, 2.45) is 5.41 Å². The van der Waals surface area contributed by atoms with Crippen molar-refractivity contribution in [1.82, 2.24) is 9.80 Å². The minimum atomic E-state index is -0.798. The lowest BCUT2D eigenvalue weighted by Gasteiger charge is -2.40. The van der Waals surface area contributed by atoms with Gasteiger partial charge >= 0.3 is 12.0 Å². The largest absolute Gasteiger partial charge is 0.481 e. The number of urea groups is 1. The van der Waals surface area contributed by atoms with Gasteiger partial charge < -0.3 is 19.6 Å². The second-order valence-electron chi connectivity index (χ2n) is 6.09. The van der Waals surface area contributed by atoms with Crippen molar-refractivity contribution >= 4 is 12.0 Å². The smallest absolute Gasteiger partial charge is 0.319 e. The summed E-state index contributed by atoms with van der Waals surface area (Å²) in [5, 5.41) is 9.46. The predicted octanol–water partition coefficient (Wildman–Crippen LogP) is 2.04. The van der Waals surface area contributed by atoms with Crippen molar-refractivity contribution < 1.29 is 19.4 Å². The number of carbonyl (C=O) groups excluding carboxylic acids is 1. The molecule has 2 amide bonds. The highest BCUT2D eigenvalue weighted by Crippen LogP contribution is 2.33. The Hall–Kier alpha value is -1.30. The number of rotatable bonds is 6. The maximum atomic E-state index is 12.4. The lowest BCUT2D eigenvalue weighted by Crippen LogP contribution is -2.53. The van der Waals surface area contributed by atoms with Gasteiger partial charge in [-0.3, -0.25) is 4.79 Å². The van der Waals surface area contributed by atoms with Crippen LogP contribution in [0, 0.1) is 5.41 Å². The molecular weight excluding hydrogens is 272 g/mol. The molecule has 6 nitrogen and oxygen atoms in total. The van der Waals surface area contributed by atoms with E-state index in [4.69, 9.17) is 4.74 Å². The van der Waals surface area contributed by atoms with Gasteiger partial charge in [-0.2, -0.15) is 0 Å². The predicted molar refractivity (Wildman–Crippen MR) is 80.3 cm³/mol. The summed E-state index contributed by atoms with van der Waals surface area (Å²) in [5.74, 6) is -0.798. The van der Waals surface area contributed by atoms with E-state index in [2.05, 4.69) is 0 Å². The van der Waals surface area contributed by atoms with Crippen LogP contribution in [0.1, 0.15) is 40.0 Å². The Morgan fingerprint density at radius 3 is 2.62 bits per heavy atom. The van der Waals surface area contributed by atoms with E-state index in [1.807, 2.05) is 20.8 Å². The third kappa shape index (κ3) is 4.59. The maximum absolute atomic E-state index is 12.4. The summed E-state index contributed by atoms with van der Waals surface area (Å²) in [6, 6.07) is -0.110. The summed E-state index contributed by atoms with van der Waals surface area (Å²) in [5.41, 5.74) is -0.789. The summed E-state index contributed by atoms with van der Waals surface area (Å²) < 4.78 is 5.44. The molecule has 1 aliphatic heterocycles. The van der Waals surface area contributed by atoms with Crippen LogP contribution in [0.5, 0.6) is 0 Å². The van der Waals surface area contributed by atoms with Crippen LogP contribution in [0.3, 0.4) is 0 Å². The van der Waals surface area contributed by atoms with E-state index in [1.165, 1.54) is 0 Å². The van der Waals surface area contributed by atoms with Crippen LogP contribution in [-0.4, -0.2) is 66.3 Å². The van der Waals surface area contributed by atoms with Crippen molar-refractivity contribution in [2.75, 3.05) is 33.3 Å². The summed E-state index contributed by atoms with van der Waals surface area (Å²) in [6.45, 7) is 7.72. The first-order chi connectivity index (χ1) is 9.82. The molecule has 0 saturated carbocycles. The van der Waals surface area contributed by atoms with Gasteiger partial charge in [-0.25, -0.2) is 4.79 Å². The quantitative estimate of drug-likeness (QED) is 0.815. The highest BCUT2D eigenvalue weighted by molar-refractivity contribution is 5.78. The van der Waals surface area contributed by atoms with Gasteiger partial charge in [0.2, 0.25) is 0 Å². The van der Waals surface area contributed by atoms with Crippen molar-refractivity contribution in [3.63, 3.8) is 0 Å². The first-order valence-corrected chi connectivity index (χ1v) is 7.67. The standard InChI is InChI=1S/C15H28N2O4/c1-5-15(13(18)19)7-6-8-17(11-15)14(20)16(4)9-10-21-12(2)3/h12H,5-11H2,1-4H3,(H,18,19). The topological polar surface area (TPSA) is 70.1 Å². The summed E-state index contributed by atoms with van der Waals surface area (Å²) in [7, 11) is 1.73. The number of hydrogen-bond acceptors (Lipinski definition) is 3. The van der Waals surface area contributed by atoms with E-state index < -0.39 is 11.4 Å². The number of likely N-dealkylation sites (N-methyl/N-ethyl adjacent to an activating group) is 1. The molecule has 0 aromatic carbocycles. The Morgan fingerprint density at radius 2 is 2.10 bits per heavy atom. The van der Waals surface area contributed by atoms with Gasteiger partial charge in [0.25, 0.3) is 0 Å². The van der Waals surface area contributed by atoms with E-state index in [-0.39, 0.29) is 12.1 Å². The van der Waals surface area contributed by atoms with Gasteiger partial charge in [0, 0.05) is 26.7 Å². The number of amides is 2. The molecule has 1 saturated heterocycles. The fraction of sp³-hybridized carbons (Fsp3) is 0.867. The maximum Gasteiger partial charge on any atom is 0.319 e. The van der Waals surface area contributed by atoms with E-state index in [9.17, 15) is 14.7 Å². The number of likely N-dealkylation sites (tertiary alicyclic amines) is 1. The van der Waals surface area contributed by atoms with Gasteiger partial charge in [-0.05, 0) is 33.1 Å². The van der Waals surface area contributed by atoms with Crippen LogP contribution in [0.25, 0.3) is 0 Å². The molecule has 1 heterocycles. The number of carboxylic acids is 1. The molecule has 1 N–H and O–H groups in total. The Labute approximate surface area is 127 Å². The molecule has 21 heavy (non-hydrogen) atoms. The van der Waals surface area contributed by atoms with E-state index in [0.717, 1.165) is 6.42 Å². The van der Waals surface area contributed by atoms with E-state index in [0.29, 0.717) is 39.1 Å². The molecule has 0 radical (unpaired) electrons. The Kier molecular flexibility index (Phi) is 6.45. The summed E-state index contributed by atoms with van der Waals surface area (Å²) in [4.78, 5) is 27.2. The van der Waals surface area contributed by atoms with Crippen molar-refractivity contribution in [3.8, 4) is 0 Å². The normalized spacial score (nSPS) is 22.4. The zero-order valence-electron chi connectivity index (χ0n) is 13.6. The fourth-order valence-electron chi connectivity index (χ4n) is 2.67. The third-order valence-corrected chi connectivity index (χ3v) is 4.18. The first kappa shape index (κ1) is 17.8. The average molecular weight is 300 g/mol. The van der Waals surface area contributed by atoms with Crippen LogP contribution in [0.4, 0.5) is 4.79 Å². The number of nitrogens with zero attached hydrogens (tertiary/aromatic N) is 2. The minimum absolute atomic E-state index is 0.110. The molecular formula is C15H28N2O4. The molecule has 1 aliphatic rings. The van der Waals surface area contributed by atoms with Crippen molar-refractivity contribution in [3.05, 3.63) is 0 Å². The Morgan fingerprint density at radius 1 is 1.43 bits per heavy atom. The van der Waals surface area contributed by atoms with Crippen LogP contribution in [0.15, 0.2) is 0 Å². The molecule has 0 bridgehead atoms. The van der Waals surface area contributed by atoms with Gasteiger partial charge in [0.1, 0.15) is 0 Å². The molecule has 0 spiro atoms. The number of piperidine rings is 1. The molecule has 1 fully saturated rings. The number of ether oxygens (including phenoxy) is 1. The minimum Gasteiger partial charge on any atom is -0.481 e. The van der Waals surface area contributed by atoms with Crippen LogP contribution in [0.2, 0.25) is 0 Å². The highest BCUT2D eigenvalue weighted by atomic mass is 16.5. The number of carbonyl (C=O) groups is 2. The average Bonchev–Trinajstić information content (AvgIpc) is 2.45. The SMILES string of the molecule is CCC1(C(=O)O)CCCN(C(=O)N(C)CCOC(C)C)C1. The van der Waals surface area contributed by atoms with Crippen molar-refractivity contribution in [1.29, 1.82) is 0 Å². The molecule has 1 rings (SSSR count). The lowest BCUT2D eigenvalue weighted by molar-refractivity contribution is -0.152. The zero-order chi connectivity index (χ0) is 16.0. The molecule has 1 atom stereocenters. The molecule has 122 valence electrons. The van der Waals surface area contributed by atoms with Crippen LogP contribution >= 0.6 is 0 Å². The molecule has 0 aliphatic carbocycles. The second-order valence-corrected chi connectivity index (χ2v) is 6.09. The van der Waals surface area contributed by atoms with Gasteiger partial charge in [-0.15, -0.1) is 0 Å². The second kappa shape index (κ2) is 7.64. The fourth-order valence-corrected chi connectivity index (χ4v) is 2.67. The monoisotopic (exact) mass is 300 g/mol. The molecule has 1 unspecified atom stereocenters. The van der Waals surface area contributed by atoms with E-state index in [1.54, 1.807) is 16.8 Å². The lowest BCUT2D eigenvalue weighted by atomic mass is 9.78. The van der Waals surface area contributed by atoms with Crippen molar-refractivity contribution in [2.45, 2.75) is 46.1 Å². The van der Waals surface area contributed by atoms with Crippen LogP contribution < -0.4 is 0 Å². The Balaban J connectivity index is 2.59. The summed E-state index contributed by atoms with van der Waals surface area (Å²) in [6.07, 6.45) is 2.07. The van der Waals surface area contributed by atoms with E-state index >= 15 is 0 Å². The Bertz CT molecular complexity index is 373. The molecule has 6 heteroatoms. The van der Waals surface area contributed by atoms with Crippen LogP contribution in [-0.2, 0) is 9.53 Å².